The van der Waals surface area contributed by atoms with Crippen LogP contribution in [0.5, 0.6) is 0 Å². The molecule has 2 rings (SSSR count). The number of ether oxygens (including phenoxy) is 1. The number of hydrogen-bond donors (Lipinski definition) is 1. The molecule has 4 nitrogen and oxygen atoms in total. The fourth-order valence-corrected chi connectivity index (χ4v) is 2.44. The zero-order valence-corrected chi connectivity index (χ0v) is 14.1. The second kappa shape index (κ2) is 8.44. The lowest BCUT2D eigenvalue weighted by Gasteiger charge is -2.09. The minimum Gasteiger partial charge on any atom is -0.382 e. The number of aromatic nitrogens is 1. The number of nitrogens with zero attached hydrogens (tertiary/aromatic N) is 1. The van der Waals surface area contributed by atoms with Gasteiger partial charge < -0.3 is 10.1 Å². The minimum atomic E-state index is -0.0546. The smallest absolute Gasteiger partial charge is 0.251 e. The fourth-order valence-electron chi connectivity index (χ4n) is 2.44. The van der Waals surface area contributed by atoms with Crippen LogP contribution >= 0.6 is 0 Å². The van der Waals surface area contributed by atoms with E-state index >= 15 is 0 Å². The summed E-state index contributed by atoms with van der Waals surface area (Å²) in [5.41, 5.74) is 4.70. The van der Waals surface area contributed by atoms with E-state index in [2.05, 4.69) is 16.4 Å². The first kappa shape index (κ1) is 17.2. The highest BCUT2D eigenvalue weighted by atomic mass is 16.5. The van der Waals surface area contributed by atoms with E-state index < -0.39 is 0 Å². The van der Waals surface area contributed by atoms with E-state index in [0.29, 0.717) is 25.3 Å². The molecule has 1 aromatic carbocycles. The third-order valence-electron chi connectivity index (χ3n) is 3.62. The minimum absolute atomic E-state index is 0.0546. The largest absolute Gasteiger partial charge is 0.382 e. The summed E-state index contributed by atoms with van der Waals surface area (Å²) in [7, 11) is 0. The predicted molar refractivity (Wildman–Crippen MR) is 92.6 cm³/mol. The average Bonchev–Trinajstić information content (AvgIpc) is 2.54. The Kier molecular flexibility index (Phi) is 6.29. The van der Waals surface area contributed by atoms with Crippen LogP contribution in [0.2, 0.25) is 0 Å². The van der Waals surface area contributed by atoms with Gasteiger partial charge in [-0.3, -0.25) is 9.78 Å². The van der Waals surface area contributed by atoms with Crippen LogP contribution in [0.25, 0.3) is 11.1 Å². The predicted octanol–water partition coefficient (Wildman–Crippen LogP) is 3.52. The lowest BCUT2D eigenvalue weighted by Crippen LogP contribution is -2.25. The molecule has 0 aliphatic carbocycles. The molecule has 0 saturated carbocycles. The van der Waals surface area contributed by atoms with Gasteiger partial charge in [0.2, 0.25) is 0 Å². The summed E-state index contributed by atoms with van der Waals surface area (Å²) < 4.78 is 5.26. The number of hydrogen-bond acceptors (Lipinski definition) is 3. The Morgan fingerprint density at radius 2 is 2.04 bits per heavy atom. The molecule has 2 aromatic rings. The highest BCUT2D eigenvalue weighted by Crippen LogP contribution is 2.23. The maximum atomic E-state index is 12.2. The van der Waals surface area contributed by atoms with Gasteiger partial charge in [-0.1, -0.05) is 18.2 Å². The van der Waals surface area contributed by atoms with Crippen molar-refractivity contribution in [1.29, 1.82) is 0 Å². The molecular weight excluding hydrogens is 288 g/mol. The van der Waals surface area contributed by atoms with Crippen molar-refractivity contribution in [2.24, 2.45) is 0 Å². The van der Waals surface area contributed by atoms with E-state index in [1.807, 2.05) is 51.1 Å². The van der Waals surface area contributed by atoms with Gasteiger partial charge in [-0.25, -0.2) is 0 Å². The maximum Gasteiger partial charge on any atom is 0.251 e. The summed E-state index contributed by atoms with van der Waals surface area (Å²) in [6.45, 7) is 7.93. The van der Waals surface area contributed by atoms with E-state index in [1.165, 1.54) is 0 Å². The van der Waals surface area contributed by atoms with Crippen molar-refractivity contribution in [2.45, 2.75) is 27.2 Å². The van der Waals surface area contributed by atoms with Crippen molar-refractivity contribution in [1.82, 2.24) is 10.3 Å². The first-order valence-electron chi connectivity index (χ1n) is 8.02. The molecule has 1 heterocycles. The fraction of sp³-hybridized carbons (Fsp3) is 0.368. The van der Waals surface area contributed by atoms with Gasteiger partial charge in [0.1, 0.15) is 0 Å². The second-order valence-electron chi connectivity index (χ2n) is 5.47. The molecular formula is C19H24N2O2. The molecule has 0 atom stereocenters. The van der Waals surface area contributed by atoms with Crippen LogP contribution in [0.3, 0.4) is 0 Å². The summed E-state index contributed by atoms with van der Waals surface area (Å²) in [5, 5.41) is 2.93. The van der Waals surface area contributed by atoms with Crippen molar-refractivity contribution in [3.63, 3.8) is 0 Å². The molecule has 1 amide bonds. The van der Waals surface area contributed by atoms with E-state index in [0.717, 1.165) is 28.9 Å². The molecule has 0 spiro atoms. The van der Waals surface area contributed by atoms with Crippen LogP contribution in [0.1, 0.15) is 35.1 Å². The Hall–Kier alpha value is -2.20. The van der Waals surface area contributed by atoms with Gasteiger partial charge in [0.15, 0.2) is 0 Å². The van der Waals surface area contributed by atoms with Crippen molar-refractivity contribution in [3.8, 4) is 11.1 Å². The van der Waals surface area contributed by atoms with Gasteiger partial charge in [-0.05, 0) is 51.0 Å². The van der Waals surface area contributed by atoms with Gasteiger partial charge in [-0.15, -0.1) is 0 Å². The molecule has 23 heavy (non-hydrogen) atoms. The molecule has 0 aliphatic rings. The highest BCUT2D eigenvalue weighted by molar-refractivity contribution is 5.95. The van der Waals surface area contributed by atoms with E-state index in [4.69, 9.17) is 4.74 Å². The zero-order valence-electron chi connectivity index (χ0n) is 14.1. The van der Waals surface area contributed by atoms with Crippen LogP contribution in [-0.4, -0.2) is 30.6 Å². The molecule has 0 saturated heterocycles. The van der Waals surface area contributed by atoms with Crippen LogP contribution in [0.4, 0.5) is 0 Å². The van der Waals surface area contributed by atoms with Gasteiger partial charge >= 0.3 is 0 Å². The second-order valence-corrected chi connectivity index (χ2v) is 5.47. The first-order valence-corrected chi connectivity index (χ1v) is 8.02. The number of nitrogens with one attached hydrogen (secondary N) is 1. The Balaban J connectivity index is 2.06. The van der Waals surface area contributed by atoms with Gasteiger partial charge in [-0.2, -0.15) is 0 Å². The number of aryl methyl sites for hydroxylation is 2. The summed E-state index contributed by atoms with van der Waals surface area (Å²) in [4.78, 5) is 16.7. The van der Waals surface area contributed by atoms with E-state index in [-0.39, 0.29) is 5.91 Å². The third-order valence-corrected chi connectivity index (χ3v) is 3.62. The van der Waals surface area contributed by atoms with Crippen molar-refractivity contribution in [2.75, 3.05) is 19.8 Å². The first-order chi connectivity index (χ1) is 11.1. The van der Waals surface area contributed by atoms with Crippen molar-refractivity contribution < 1.29 is 9.53 Å². The molecule has 1 N–H and O–H groups in total. The normalized spacial score (nSPS) is 10.6. The molecule has 4 heteroatoms. The number of carbonyl (C=O) groups is 1. The highest BCUT2D eigenvalue weighted by Gasteiger charge is 2.08. The summed E-state index contributed by atoms with van der Waals surface area (Å²) in [6, 6.07) is 11.7. The molecule has 0 radical (unpaired) electrons. The van der Waals surface area contributed by atoms with Crippen LogP contribution in [0.15, 0.2) is 36.4 Å². The molecule has 0 fully saturated rings. The summed E-state index contributed by atoms with van der Waals surface area (Å²) >= 11 is 0. The van der Waals surface area contributed by atoms with Crippen LogP contribution < -0.4 is 5.32 Å². The average molecular weight is 312 g/mol. The van der Waals surface area contributed by atoms with Gasteiger partial charge in [0.25, 0.3) is 5.91 Å². The van der Waals surface area contributed by atoms with Gasteiger partial charge in [0, 0.05) is 42.3 Å². The van der Waals surface area contributed by atoms with Crippen LogP contribution in [0, 0.1) is 13.8 Å². The summed E-state index contributed by atoms with van der Waals surface area (Å²) in [6.07, 6.45) is 0.820. The third kappa shape index (κ3) is 4.89. The lowest BCUT2D eigenvalue weighted by molar-refractivity contribution is 0.0944. The Bertz CT molecular complexity index is 668. The number of amides is 1. The molecule has 0 unspecified atom stereocenters. The number of benzene rings is 1. The SMILES string of the molecule is CCOCCCNC(=O)c1cccc(-c2ccc(C)nc2C)c1. The summed E-state index contributed by atoms with van der Waals surface area (Å²) in [5.74, 6) is -0.0546. The van der Waals surface area contributed by atoms with E-state index in [9.17, 15) is 4.79 Å². The number of pyridine rings is 1. The Labute approximate surface area is 137 Å². The zero-order chi connectivity index (χ0) is 16.7. The van der Waals surface area contributed by atoms with Gasteiger partial charge in [0.05, 0.1) is 0 Å². The van der Waals surface area contributed by atoms with Crippen molar-refractivity contribution >= 4 is 5.91 Å². The standard InChI is InChI=1S/C19H24N2O2/c1-4-23-12-6-11-20-19(22)17-8-5-7-16(13-17)18-10-9-14(2)21-15(18)3/h5,7-10,13H,4,6,11-12H2,1-3H3,(H,20,22). The maximum absolute atomic E-state index is 12.2. The molecule has 0 aliphatic heterocycles. The van der Waals surface area contributed by atoms with Crippen molar-refractivity contribution in [3.05, 3.63) is 53.3 Å². The monoisotopic (exact) mass is 312 g/mol. The Morgan fingerprint density at radius 1 is 1.22 bits per heavy atom. The topological polar surface area (TPSA) is 51.2 Å². The van der Waals surface area contributed by atoms with Crippen LogP contribution in [-0.2, 0) is 4.74 Å². The quantitative estimate of drug-likeness (QED) is 0.796. The molecule has 1 aromatic heterocycles. The number of carbonyl (C=O) groups excluding carboxylic acids is 1. The molecule has 0 bridgehead atoms. The van der Waals surface area contributed by atoms with E-state index in [1.54, 1.807) is 0 Å². The Morgan fingerprint density at radius 3 is 2.78 bits per heavy atom. The number of rotatable bonds is 7. The molecule has 122 valence electrons. The lowest BCUT2D eigenvalue weighted by atomic mass is 10.0.